The van der Waals surface area contributed by atoms with E-state index in [9.17, 15) is 4.79 Å². The van der Waals surface area contributed by atoms with E-state index in [1.807, 2.05) is 37.3 Å². The highest BCUT2D eigenvalue weighted by Crippen LogP contribution is 2.27. The number of nitrogens with two attached hydrogens (primary N) is 1. The van der Waals surface area contributed by atoms with Gasteiger partial charge in [0.05, 0.1) is 12.2 Å². The predicted octanol–water partition coefficient (Wildman–Crippen LogP) is 3.42. The quantitative estimate of drug-likeness (QED) is 0.733. The Morgan fingerprint density at radius 2 is 2.05 bits per heavy atom. The summed E-state index contributed by atoms with van der Waals surface area (Å²) in [5.41, 5.74) is 8.38. The van der Waals surface area contributed by atoms with E-state index in [0.29, 0.717) is 12.3 Å². The van der Waals surface area contributed by atoms with Crippen LogP contribution < -0.4 is 15.8 Å². The fourth-order valence-electron chi connectivity index (χ4n) is 2.04. The molecule has 0 amide bonds. The number of aryl methyl sites for hydroxylation is 1. The Balaban J connectivity index is 2.31. The molecule has 0 heterocycles. The van der Waals surface area contributed by atoms with Gasteiger partial charge in [-0.1, -0.05) is 6.07 Å². The van der Waals surface area contributed by atoms with Crippen LogP contribution in [0, 0.1) is 6.92 Å². The molecule has 0 unspecified atom stereocenters. The molecule has 5 heteroatoms. The van der Waals surface area contributed by atoms with Gasteiger partial charge in [-0.2, -0.15) is 0 Å². The molecule has 0 atom stereocenters. The molecule has 2 rings (SSSR count). The second-order valence-corrected chi connectivity index (χ2v) is 4.65. The highest BCUT2D eigenvalue weighted by Gasteiger charge is 2.12. The van der Waals surface area contributed by atoms with Crippen LogP contribution in [-0.4, -0.2) is 17.7 Å². The number of hydrogen-bond donors (Lipinski definition) is 3. The first-order chi connectivity index (χ1) is 10.0. The molecule has 0 aliphatic heterocycles. The van der Waals surface area contributed by atoms with Gasteiger partial charge in [0.25, 0.3) is 0 Å². The van der Waals surface area contributed by atoms with Gasteiger partial charge in [0.1, 0.15) is 5.75 Å². The fourth-order valence-corrected chi connectivity index (χ4v) is 2.04. The molecule has 4 N–H and O–H groups in total. The Morgan fingerprint density at radius 3 is 2.71 bits per heavy atom. The van der Waals surface area contributed by atoms with E-state index >= 15 is 0 Å². The van der Waals surface area contributed by atoms with Gasteiger partial charge in [0, 0.05) is 23.1 Å². The molecule has 0 aliphatic carbocycles. The third-order valence-corrected chi connectivity index (χ3v) is 3.05. The lowest BCUT2D eigenvalue weighted by Crippen LogP contribution is -2.05. The number of rotatable bonds is 5. The molecule has 0 aliphatic rings. The lowest BCUT2D eigenvalue weighted by atomic mass is 10.1. The van der Waals surface area contributed by atoms with Gasteiger partial charge in [-0.05, 0) is 43.7 Å². The van der Waals surface area contributed by atoms with Crippen molar-refractivity contribution in [1.29, 1.82) is 0 Å². The number of nitrogens with one attached hydrogen (secondary N) is 1. The molecule has 0 spiro atoms. The predicted molar refractivity (Wildman–Crippen MR) is 83.4 cm³/mol. The number of carboxylic acid groups (broad SMARTS) is 1. The van der Waals surface area contributed by atoms with Crippen LogP contribution in [0.5, 0.6) is 5.75 Å². The first-order valence-corrected chi connectivity index (χ1v) is 6.64. The van der Waals surface area contributed by atoms with Crippen molar-refractivity contribution < 1.29 is 14.6 Å². The van der Waals surface area contributed by atoms with Gasteiger partial charge in [-0.3, -0.25) is 0 Å². The Labute approximate surface area is 123 Å². The van der Waals surface area contributed by atoms with Crippen molar-refractivity contribution in [2.75, 3.05) is 17.7 Å². The Morgan fingerprint density at radius 1 is 1.29 bits per heavy atom. The molecule has 0 fully saturated rings. The van der Waals surface area contributed by atoms with Crippen molar-refractivity contribution in [3.05, 3.63) is 47.5 Å². The number of ether oxygens (including phenoxy) is 1. The first-order valence-electron chi connectivity index (χ1n) is 6.64. The Hall–Kier alpha value is -2.69. The van der Waals surface area contributed by atoms with Gasteiger partial charge >= 0.3 is 5.97 Å². The third kappa shape index (κ3) is 3.45. The zero-order valence-electron chi connectivity index (χ0n) is 12.0. The largest absolute Gasteiger partial charge is 0.494 e. The summed E-state index contributed by atoms with van der Waals surface area (Å²) in [6.45, 7) is 4.29. The number of hydrogen-bond acceptors (Lipinski definition) is 4. The van der Waals surface area contributed by atoms with Crippen molar-refractivity contribution in [3.8, 4) is 5.75 Å². The molecule has 0 radical (unpaired) electrons. The normalized spacial score (nSPS) is 10.2. The number of anilines is 3. The Bertz CT molecular complexity index is 669. The third-order valence-electron chi connectivity index (χ3n) is 3.05. The van der Waals surface area contributed by atoms with Gasteiger partial charge < -0.3 is 20.9 Å². The van der Waals surface area contributed by atoms with Crippen LogP contribution in [-0.2, 0) is 0 Å². The number of benzene rings is 2. The average Bonchev–Trinajstić information content (AvgIpc) is 2.43. The zero-order valence-corrected chi connectivity index (χ0v) is 12.0. The molecule has 0 bridgehead atoms. The lowest BCUT2D eigenvalue weighted by molar-refractivity contribution is 0.0698. The Kier molecular flexibility index (Phi) is 4.33. The number of aromatic carboxylic acids is 1. The highest BCUT2D eigenvalue weighted by atomic mass is 16.5. The minimum atomic E-state index is -1.04. The van der Waals surface area contributed by atoms with Crippen molar-refractivity contribution in [2.45, 2.75) is 13.8 Å². The maximum absolute atomic E-state index is 11.2. The van der Waals surface area contributed by atoms with Crippen LogP contribution >= 0.6 is 0 Å². The van der Waals surface area contributed by atoms with Crippen LogP contribution in [0.1, 0.15) is 22.8 Å². The van der Waals surface area contributed by atoms with Gasteiger partial charge in [-0.25, -0.2) is 4.79 Å². The molecule has 5 nitrogen and oxygen atoms in total. The molecular weight excluding hydrogens is 268 g/mol. The van der Waals surface area contributed by atoms with E-state index in [0.717, 1.165) is 17.0 Å². The second kappa shape index (κ2) is 6.17. The second-order valence-electron chi connectivity index (χ2n) is 4.65. The van der Waals surface area contributed by atoms with Crippen molar-refractivity contribution in [1.82, 2.24) is 0 Å². The minimum absolute atomic E-state index is 0.0958. The van der Waals surface area contributed by atoms with Crippen molar-refractivity contribution >= 4 is 23.0 Å². The van der Waals surface area contributed by atoms with Crippen molar-refractivity contribution in [2.24, 2.45) is 0 Å². The standard InChI is InChI=1S/C16H18N2O3/c1-3-21-13-6-4-5-11(8-13)18-12-7-10(2)15(17)14(9-12)16(19)20/h4-9,18H,3,17H2,1-2H3,(H,19,20). The van der Waals surface area contributed by atoms with Crippen LogP contribution in [0.25, 0.3) is 0 Å². The SMILES string of the molecule is CCOc1cccc(Nc2cc(C)c(N)c(C(=O)O)c2)c1. The topological polar surface area (TPSA) is 84.6 Å². The summed E-state index contributed by atoms with van der Waals surface area (Å²) in [4.78, 5) is 11.2. The molecule has 2 aromatic carbocycles. The monoisotopic (exact) mass is 286 g/mol. The maximum Gasteiger partial charge on any atom is 0.337 e. The van der Waals surface area contributed by atoms with Crippen LogP contribution in [0.15, 0.2) is 36.4 Å². The molecule has 0 saturated heterocycles. The molecule has 0 saturated carbocycles. The molecule has 0 aromatic heterocycles. The number of carboxylic acids is 1. The van der Waals surface area contributed by atoms with E-state index in [2.05, 4.69) is 5.32 Å². The van der Waals surface area contributed by atoms with Crippen LogP contribution in [0.4, 0.5) is 17.1 Å². The average molecular weight is 286 g/mol. The molecule has 110 valence electrons. The van der Waals surface area contributed by atoms with Gasteiger partial charge in [0.15, 0.2) is 0 Å². The summed E-state index contributed by atoms with van der Waals surface area (Å²) >= 11 is 0. The number of carbonyl (C=O) groups is 1. The summed E-state index contributed by atoms with van der Waals surface area (Å²) in [6, 6.07) is 10.8. The smallest absolute Gasteiger partial charge is 0.337 e. The maximum atomic E-state index is 11.2. The van der Waals surface area contributed by atoms with Gasteiger partial charge in [-0.15, -0.1) is 0 Å². The first kappa shape index (κ1) is 14.7. The van der Waals surface area contributed by atoms with Crippen LogP contribution in [0.2, 0.25) is 0 Å². The zero-order chi connectivity index (χ0) is 15.4. The van der Waals surface area contributed by atoms with E-state index in [1.165, 1.54) is 6.07 Å². The summed E-state index contributed by atoms with van der Waals surface area (Å²) < 4.78 is 5.43. The summed E-state index contributed by atoms with van der Waals surface area (Å²) in [7, 11) is 0. The molecule has 21 heavy (non-hydrogen) atoms. The van der Waals surface area contributed by atoms with Crippen molar-refractivity contribution in [3.63, 3.8) is 0 Å². The van der Waals surface area contributed by atoms with Gasteiger partial charge in [0.2, 0.25) is 0 Å². The summed E-state index contributed by atoms with van der Waals surface area (Å²) in [5.74, 6) is -0.282. The van der Waals surface area contributed by atoms with E-state index in [-0.39, 0.29) is 11.3 Å². The fraction of sp³-hybridized carbons (Fsp3) is 0.188. The molecular formula is C16H18N2O3. The highest BCUT2D eigenvalue weighted by molar-refractivity contribution is 5.96. The van der Waals surface area contributed by atoms with E-state index in [4.69, 9.17) is 15.6 Å². The summed E-state index contributed by atoms with van der Waals surface area (Å²) in [5, 5.41) is 12.3. The number of nitrogen functional groups attached to an aromatic ring is 1. The van der Waals surface area contributed by atoms with E-state index < -0.39 is 5.97 Å². The summed E-state index contributed by atoms with van der Waals surface area (Å²) in [6.07, 6.45) is 0. The minimum Gasteiger partial charge on any atom is -0.494 e. The lowest BCUT2D eigenvalue weighted by Gasteiger charge is -2.12. The molecule has 2 aromatic rings. The van der Waals surface area contributed by atoms with E-state index in [1.54, 1.807) is 6.92 Å². The van der Waals surface area contributed by atoms with Crippen LogP contribution in [0.3, 0.4) is 0 Å².